The molecule has 0 unspecified atom stereocenters. The molecule has 22 heteroatoms. The number of carbonyl (C=O) groups excluding carboxylic acids is 6. The van der Waals surface area contributed by atoms with E-state index >= 15 is 0 Å². The first-order valence-corrected chi connectivity index (χ1v) is 16.3. The van der Waals surface area contributed by atoms with Gasteiger partial charge in [0.25, 0.3) is 11.8 Å². The molecule has 4 heterocycles. The van der Waals surface area contributed by atoms with E-state index in [4.69, 9.17) is 14.0 Å². The molecule has 0 spiro atoms. The van der Waals surface area contributed by atoms with Gasteiger partial charge < -0.3 is 19.3 Å². The summed E-state index contributed by atoms with van der Waals surface area (Å²) in [6.45, 7) is 10.6. The summed E-state index contributed by atoms with van der Waals surface area (Å²) in [6.07, 6.45) is 0.0191. The molecule has 4 N–H and O–H groups in total. The molecule has 0 aromatic heterocycles. The molecule has 4 fully saturated rings. The Kier molecular flexibility index (Phi) is 12.7. The minimum atomic E-state index is -4.86. The van der Waals surface area contributed by atoms with Crippen molar-refractivity contribution in [3.8, 4) is 0 Å². The van der Waals surface area contributed by atoms with Crippen LogP contribution in [0.3, 0.4) is 0 Å². The molecular formula is C27H48N8O13S. The monoisotopic (exact) mass is 724 g/mol. The van der Waals surface area contributed by atoms with Crippen LogP contribution in [0.15, 0.2) is 0 Å². The molecular weight excluding hydrogens is 676 g/mol. The number of urea groups is 2. The van der Waals surface area contributed by atoms with Gasteiger partial charge in [0.2, 0.25) is 0 Å². The van der Waals surface area contributed by atoms with Crippen LogP contribution in [0.2, 0.25) is 0 Å². The molecule has 0 saturated carbocycles. The average molecular weight is 725 g/mol. The Morgan fingerprint density at radius 1 is 0.755 bits per heavy atom. The second kappa shape index (κ2) is 15.2. The Balaban J connectivity index is 0.000000338. The molecule has 21 nitrogen and oxygen atoms in total. The lowest BCUT2D eigenvalue weighted by molar-refractivity contribution is -0.131. The highest BCUT2D eigenvalue weighted by Crippen LogP contribution is 2.31. The number of hydrazine groups is 2. The third-order valence-electron chi connectivity index (χ3n) is 7.34. The molecule has 280 valence electrons. The third kappa shape index (κ3) is 10.7. The SMILES string of the molecule is C.CN(NC(=O)[C@@H]1CC[C@@H]2CN1C(=O)N2O)C(=O)OC(C)(C)C.CN(NC(=O)[C@@H]1CC[C@@H]2CN1C(=O)N2OS(=O)(=O)O)C(=O)OC(C)(C)C. The number of amides is 8. The van der Waals surface area contributed by atoms with Crippen LogP contribution >= 0.6 is 0 Å². The lowest BCUT2D eigenvalue weighted by Crippen LogP contribution is -2.55. The van der Waals surface area contributed by atoms with Gasteiger partial charge in [-0.2, -0.15) is 13.5 Å². The van der Waals surface area contributed by atoms with E-state index in [9.17, 15) is 42.4 Å². The van der Waals surface area contributed by atoms with Crippen molar-refractivity contribution in [3.05, 3.63) is 0 Å². The Labute approximate surface area is 285 Å². The summed E-state index contributed by atoms with van der Waals surface area (Å²) in [6, 6.07) is -3.92. The predicted molar refractivity (Wildman–Crippen MR) is 167 cm³/mol. The van der Waals surface area contributed by atoms with Gasteiger partial charge >= 0.3 is 34.6 Å². The first-order valence-electron chi connectivity index (χ1n) is 15.0. The number of nitrogens with zero attached hydrogens (tertiary/aromatic N) is 6. The average Bonchev–Trinajstić information content (AvgIpc) is 3.30. The number of piperidine rings is 2. The zero-order valence-corrected chi connectivity index (χ0v) is 28.8. The molecule has 4 rings (SSSR count). The maximum Gasteiger partial charge on any atom is 0.428 e. The summed E-state index contributed by atoms with van der Waals surface area (Å²) < 4.78 is 45.0. The van der Waals surface area contributed by atoms with Gasteiger partial charge in [-0.05, 0) is 67.2 Å². The quantitative estimate of drug-likeness (QED) is 0.180. The first kappa shape index (κ1) is 41.0. The predicted octanol–water partition coefficient (Wildman–Crippen LogP) is 1.07. The lowest BCUT2D eigenvalue weighted by Gasteiger charge is -2.31. The van der Waals surface area contributed by atoms with Gasteiger partial charge in [0.1, 0.15) is 23.3 Å². The van der Waals surface area contributed by atoms with Crippen molar-refractivity contribution in [3.63, 3.8) is 0 Å². The summed E-state index contributed by atoms with van der Waals surface area (Å²) in [5, 5.41) is 12.6. The van der Waals surface area contributed by atoms with Crippen LogP contribution < -0.4 is 10.9 Å². The van der Waals surface area contributed by atoms with E-state index in [-0.39, 0.29) is 32.9 Å². The molecule has 0 aromatic rings. The van der Waals surface area contributed by atoms with Crippen molar-refractivity contribution in [2.24, 2.45) is 0 Å². The van der Waals surface area contributed by atoms with Gasteiger partial charge in [-0.15, -0.1) is 4.28 Å². The van der Waals surface area contributed by atoms with E-state index in [1.54, 1.807) is 41.5 Å². The maximum absolute atomic E-state index is 12.4. The number of hydroxylamine groups is 4. The highest BCUT2D eigenvalue weighted by atomic mass is 32.3. The van der Waals surface area contributed by atoms with Gasteiger partial charge in [0.05, 0.1) is 12.1 Å². The molecule has 0 aromatic carbocycles. The Morgan fingerprint density at radius 3 is 1.55 bits per heavy atom. The zero-order valence-electron chi connectivity index (χ0n) is 28.0. The Morgan fingerprint density at radius 2 is 1.14 bits per heavy atom. The fourth-order valence-electron chi connectivity index (χ4n) is 5.26. The van der Waals surface area contributed by atoms with Crippen molar-refractivity contribution in [1.82, 2.24) is 40.8 Å². The molecule has 4 saturated heterocycles. The van der Waals surface area contributed by atoms with E-state index < -0.39 is 75.8 Å². The van der Waals surface area contributed by atoms with Crippen molar-refractivity contribution >= 4 is 46.5 Å². The zero-order chi connectivity index (χ0) is 36.5. The smallest absolute Gasteiger partial charge is 0.428 e. The van der Waals surface area contributed by atoms with Gasteiger partial charge in [-0.1, -0.05) is 7.43 Å². The van der Waals surface area contributed by atoms with Crippen LogP contribution in [-0.4, -0.2) is 147 Å². The van der Waals surface area contributed by atoms with Crippen LogP contribution in [0.4, 0.5) is 19.2 Å². The fourth-order valence-corrected chi connectivity index (χ4v) is 5.65. The second-order valence-corrected chi connectivity index (χ2v) is 14.6. The topological polar surface area (TPSA) is 248 Å². The summed E-state index contributed by atoms with van der Waals surface area (Å²) in [7, 11) is -2.18. The summed E-state index contributed by atoms with van der Waals surface area (Å²) in [5.74, 6) is -1.10. The van der Waals surface area contributed by atoms with E-state index in [0.29, 0.717) is 29.5 Å². The largest absolute Gasteiger partial charge is 0.442 e. The maximum atomic E-state index is 12.4. The highest BCUT2D eigenvalue weighted by Gasteiger charge is 2.50. The lowest BCUT2D eigenvalue weighted by atomic mass is 10.0. The number of nitrogens with one attached hydrogen (secondary N) is 2. The third-order valence-corrected chi connectivity index (χ3v) is 7.69. The number of carbonyl (C=O) groups is 6. The number of hydrogen-bond acceptors (Lipinski definition) is 12. The van der Waals surface area contributed by atoms with Crippen LogP contribution in [0.1, 0.15) is 74.7 Å². The highest BCUT2D eigenvalue weighted by molar-refractivity contribution is 7.80. The van der Waals surface area contributed by atoms with E-state index in [2.05, 4.69) is 15.1 Å². The first-order chi connectivity index (χ1) is 21.9. The van der Waals surface area contributed by atoms with Crippen LogP contribution in [0.5, 0.6) is 0 Å². The summed E-state index contributed by atoms with van der Waals surface area (Å²) >= 11 is 0. The Hall–Kier alpha value is -4.15. The van der Waals surface area contributed by atoms with E-state index in [1.165, 1.54) is 19.0 Å². The van der Waals surface area contributed by atoms with Crippen LogP contribution in [0, 0.1) is 0 Å². The van der Waals surface area contributed by atoms with Gasteiger partial charge in [-0.25, -0.2) is 34.3 Å². The second-order valence-electron chi connectivity index (χ2n) is 13.6. The van der Waals surface area contributed by atoms with Crippen LogP contribution in [0.25, 0.3) is 0 Å². The molecule has 8 amide bonds. The molecule has 4 aliphatic heterocycles. The van der Waals surface area contributed by atoms with Crippen LogP contribution in [-0.2, 0) is 33.7 Å². The fraction of sp³-hybridized carbons (Fsp3) is 0.778. The van der Waals surface area contributed by atoms with Gasteiger partial charge in [-0.3, -0.25) is 30.2 Å². The normalized spacial score (nSPS) is 23.1. The number of hydrogen-bond donors (Lipinski definition) is 4. The molecule has 4 bridgehead atoms. The van der Waals surface area contributed by atoms with Gasteiger partial charge in [0.15, 0.2) is 0 Å². The molecule has 0 aliphatic carbocycles. The van der Waals surface area contributed by atoms with E-state index in [0.717, 1.165) is 14.9 Å². The molecule has 49 heavy (non-hydrogen) atoms. The molecule has 4 aliphatic rings. The number of rotatable bonds is 4. The Bertz CT molecular complexity index is 1400. The van der Waals surface area contributed by atoms with Crippen molar-refractivity contribution in [2.45, 2.75) is 110 Å². The summed E-state index contributed by atoms with van der Waals surface area (Å²) in [5.41, 5.74) is 3.34. The molecule has 0 radical (unpaired) electrons. The number of fused-ring (bicyclic) bond motifs is 4. The van der Waals surface area contributed by atoms with Crippen molar-refractivity contribution in [2.75, 3.05) is 27.2 Å². The van der Waals surface area contributed by atoms with E-state index in [1.807, 2.05) is 0 Å². The minimum absolute atomic E-state index is 0. The molecule has 4 atom stereocenters. The summed E-state index contributed by atoms with van der Waals surface area (Å²) in [4.78, 5) is 74.9. The number of ether oxygens (including phenoxy) is 2. The van der Waals surface area contributed by atoms with Crippen molar-refractivity contribution in [1.29, 1.82) is 0 Å². The van der Waals surface area contributed by atoms with Crippen molar-refractivity contribution < 1.29 is 60.7 Å². The minimum Gasteiger partial charge on any atom is -0.442 e. The van der Waals surface area contributed by atoms with Gasteiger partial charge in [0, 0.05) is 27.2 Å². The standard InChI is InChI=1S/C13H22N4O8S.C13H22N4O5.CH4/c1-13(2,3)24-12(20)15(4)14-10(18)9-6-5-8-7-16(9)11(19)17(8)25-26(21,22)23;1-13(2,3)22-12(20)15(4)14-10(18)9-6-5-8-7-16(9)11(19)17(8)21;/h8-9H,5-7H2,1-4H3,(H,14,18)(H,21,22,23);8-9,21H,5-7H2,1-4H3,(H,14,18);1H4/t2*8-,9+;/m11./s1.